The molecule has 4 rings (SSSR count). The summed E-state index contributed by atoms with van der Waals surface area (Å²) in [6.45, 7) is 0. The van der Waals surface area contributed by atoms with E-state index in [0.717, 1.165) is 22.0 Å². The predicted octanol–water partition coefficient (Wildman–Crippen LogP) is 5.42. The van der Waals surface area contributed by atoms with E-state index in [0.29, 0.717) is 17.7 Å². The van der Waals surface area contributed by atoms with E-state index in [-0.39, 0.29) is 11.3 Å². The van der Waals surface area contributed by atoms with Gasteiger partial charge in [-0.25, -0.2) is 4.79 Å². The number of fused-ring (bicyclic) bond motifs is 1. The number of hydrogen-bond acceptors (Lipinski definition) is 4. The standard InChI is InChI=1S/C26H23NO3/c1-27(2)24-15-9-7-11-19(24)17-22-21-14-8-6-10-18(21)16-23(25(22)28)26(29)30-20-12-4-3-5-13-20/h3-16,28H,17H2,1-2H3. The molecule has 0 aliphatic heterocycles. The molecule has 0 fully saturated rings. The van der Waals surface area contributed by atoms with Crippen LogP contribution in [0.4, 0.5) is 5.69 Å². The third-order valence-electron chi connectivity index (χ3n) is 5.14. The molecule has 0 aliphatic rings. The highest BCUT2D eigenvalue weighted by Gasteiger charge is 2.21. The maximum atomic E-state index is 12.9. The molecule has 0 saturated carbocycles. The molecule has 0 spiro atoms. The number of para-hydroxylation sites is 2. The second-order valence-corrected chi connectivity index (χ2v) is 7.37. The first kappa shape index (κ1) is 19.5. The van der Waals surface area contributed by atoms with Gasteiger partial charge in [-0.05, 0) is 40.6 Å². The number of nitrogens with zero attached hydrogens (tertiary/aromatic N) is 1. The number of carbonyl (C=O) groups is 1. The molecule has 0 aromatic heterocycles. The Balaban J connectivity index is 1.81. The Morgan fingerprint density at radius 3 is 2.33 bits per heavy atom. The van der Waals surface area contributed by atoms with Crippen LogP contribution < -0.4 is 9.64 Å². The number of aromatic hydroxyl groups is 1. The minimum Gasteiger partial charge on any atom is -0.507 e. The summed E-state index contributed by atoms with van der Waals surface area (Å²) in [5, 5.41) is 12.9. The van der Waals surface area contributed by atoms with Gasteiger partial charge in [-0.15, -0.1) is 0 Å². The zero-order chi connectivity index (χ0) is 21.1. The van der Waals surface area contributed by atoms with Gasteiger partial charge < -0.3 is 14.7 Å². The van der Waals surface area contributed by atoms with E-state index >= 15 is 0 Å². The fourth-order valence-electron chi connectivity index (χ4n) is 3.68. The first-order valence-corrected chi connectivity index (χ1v) is 9.80. The average Bonchev–Trinajstić information content (AvgIpc) is 2.76. The van der Waals surface area contributed by atoms with E-state index in [1.54, 1.807) is 30.3 Å². The molecule has 0 saturated heterocycles. The van der Waals surface area contributed by atoms with Gasteiger partial charge in [0.05, 0.1) is 0 Å². The average molecular weight is 397 g/mol. The van der Waals surface area contributed by atoms with Gasteiger partial charge in [0.2, 0.25) is 0 Å². The Morgan fingerprint density at radius 2 is 1.57 bits per heavy atom. The summed E-state index contributed by atoms with van der Waals surface area (Å²) in [4.78, 5) is 14.9. The van der Waals surface area contributed by atoms with E-state index in [4.69, 9.17) is 4.74 Å². The van der Waals surface area contributed by atoms with Crippen LogP contribution in [0.15, 0.2) is 84.9 Å². The van der Waals surface area contributed by atoms with Crippen molar-refractivity contribution in [1.29, 1.82) is 0 Å². The Bertz CT molecular complexity index is 1200. The van der Waals surface area contributed by atoms with Crippen LogP contribution in [-0.4, -0.2) is 25.2 Å². The molecule has 0 bridgehead atoms. The van der Waals surface area contributed by atoms with Crippen LogP contribution >= 0.6 is 0 Å². The topological polar surface area (TPSA) is 49.8 Å². The Morgan fingerprint density at radius 1 is 0.900 bits per heavy atom. The van der Waals surface area contributed by atoms with E-state index in [1.807, 2.05) is 73.6 Å². The highest BCUT2D eigenvalue weighted by atomic mass is 16.5. The number of carbonyl (C=O) groups excluding carboxylic acids is 1. The maximum absolute atomic E-state index is 12.9. The van der Waals surface area contributed by atoms with Gasteiger partial charge in [-0.2, -0.15) is 0 Å². The molecule has 4 aromatic carbocycles. The van der Waals surface area contributed by atoms with Crippen molar-refractivity contribution in [1.82, 2.24) is 0 Å². The molecule has 0 aliphatic carbocycles. The molecule has 4 nitrogen and oxygen atoms in total. The van der Waals surface area contributed by atoms with Crippen LogP contribution in [-0.2, 0) is 6.42 Å². The first-order chi connectivity index (χ1) is 14.5. The molecule has 0 heterocycles. The highest BCUT2D eigenvalue weighted by molar-refractivity contribution is 6.01. The second kappa shape index (κ2) is 8.29. The molecule has 1 N–H and O–H groups in total. The summed E-state index contributed by atoms with van der Waals surface area (Å²) in [6, 6.07) is 26.4. The summed E-state index contributed by atoms with van der Waals surface area (Å²) in [5.41, 5.74) is 3.01. The number of phenolic OH excluding ortho intramolecular Hbond substituents is 1. The van der Waals surface area contributed by atoms with Crippen molar-refractivity contribution in [3.63, 3.8) is 0 Å². The number of hydrogen-bond donors (Lipinski definition) is 1. The SMILES string of the molecule is CN(C)c1ccccc1Cc1c(O)c(C(=O)Oc2ccccc2)cc2ccccc12. The lowest BCUT2D eigenvalue weighted by molar-refractivity contribution is 0.0731. The Hall–Kier alpha value is -3.79. The van der Waals surface area contributed by atoms with E-state index < -0.39 is 5.97 Å². The molecular formula is C26H23NO3. The van der Waals surface area contributed by atoms with Crippen molar-refractivity contribution in [2.45, 2.75) is 6.42 Å². The summed E-state index contributed by atoms with van der Waals surface area (Å²) >= 11 is 0. The number of ether oxygens (including phenoxy) is 1. The lowest BCUT2D eigenvalue weighted by Gasteiger charge is -2.19. The van der Waals surface area contributed by atoms with Crippen molar-refractivity contribution >= 4 is 22.4 Å². The fraction of sp³-hybridized carbons (Fsp3) is 0.115. The van der Waals surface area contributed by atoms with Gasteiger partial charge in [0.15, 0.2) is 0 Å². The van der Waals surface area contributed by atoms with Gasteiger partial charge in [-0.1, -0.05) is 60.7 Å². The van der Waals surface area contributed by atoms with Gasteiger partial charge in [0.1, 0.15) is 17.1 Å². The minimum absolute atomic E-state index is 0.0387. The Kier molecular flexibility index (Phi) is 5.40. The molecular weight excluding hydrogens is 374 g/mol. The van der Waals surface area contributed by atoms with Gasteiger partial charge in [-0.3, -0.25) is 0 Å². The largest absolute Gasteiger partial charge is 0.507 e. The molecule has 0 unspecified atom stereocenters. The summed E-state index contributed by atoms with van der Waals surface area (Å²) in [5.74, 6) is -0.177. The predicted molar refractivity (Wildman–Crippen MR) is 121 cm³/mol. The summed E-state index contributed by atoms with van der Waals surface area (Å²) in [7, 11) is 3.98. The third kappa shape index (κ3) is 3.85. The molecule has 150 valence electrons. The van der Waals surface area contributed by atoms with Crippen LogP contribution in [0.25, 0.3) is 10.8 Å². The van der Waals surface area contributed by atoms with Crippen molar-refractivity contribution in [2.24, 2.45) is 0 Å². The van der Waals surface area contributed by atoms with E-state index in [1.165, 1.54) is 0 Å². The quantitative estimate of drug-likeness (QED) is 0.361. The van der Waals surface area contributed by atoms with Crippen molar-refractivity contribution in [2.75, 3.05) is 19.0 Å². The van der Waals surface area contributed by atoms with Crippen molar-refractivity contribution in [3.05, 3.63) is 102 Å². The highest BCUT2D eigenvalue weighted by Crippen LogP contribution is 2.35. The molecule has 0 amide bonds. The molecule has 0 radical (unpaired) electrons. The van der Waals surface area contributed by atoms with Crippen molar-refractivity contribution < 1.29 is 14.6 Å². The maximum Gasteiger partial charge on any atom is 0.347 e. The Labute approximate surface area is 176 Å². The van der Waals surface area contributed by atoms with Crippen LogP contribution in [0.5, 0.6) is 11.5 Å². The molecule has 0 atom stereocenters. The number of rotatable bonds is 5. The first-order valence-electron chi connectivity index (χ1n) is 9.80. The van der Waals surface area contributed by atoms with Gasteiger partial charge >= 0.3 is 5.97 Å². The normalized spacial score (nSPS) is 10.7. The van der Waals surface area contributed by atoms with Crippen LogP contribution in [0, 0.1) is 0 Å². The summed E-state index contributed by atoms with van der Waals surface area (Å²) < 4.78 is 5.49. The zero-order valence-electron chi connectivity index (χ0n) is 17.0. The fourth-order valence-corrected chi connectivity index (χ4v) is 3.68. The second-order valence-electron chi connectivity index (χ2n) is 7.37. The third-order valence-corrected chi connectivity index (χ3v) is 5.14. The van der Waals surface area contributed by atoms with Crippen LogP contribution in [0.3, 0.4) is 0 Å². The number of benzene rings is 4. The van der Waals surface area contributed by atoms with Gasteiger partial charge in [0.25, 0.3) is 0 Å². The lowest BCUT2D eigenvalue weighted by Crippen LogP contribution is -2.12. The van der Waals surface area contributed by atoms with Crippen LogP contribution in [0.1, 0.15) is 21.5 Å². The molecule has 30 heavy (non-hydrogen) atoms. The lowest BCUT2D eigenvalue weighted by atomic mass is 9.93. The number of anilines is 1. The van der Waals surface area contributed by atoms with Crippen LogP contribution in [0.2, 0.25) is 0 Å². The number of esters is 1. The summed E-state index contributed by atoms with van der Waals surface area (Å²) in [6.07, 6.45) is 0.493. The van der Waals surface area contributed by atoms with Crippen molar-refractivity contribution in [3.8, 4) is 11.5 Å². The van der Waals surface area contributed by atoms with E-state index in [2.05, 4.69) is 0 Å². The smallest absolute Gasteiger partial charge is 0.347 e. The molecule has 4 heteroatoms. The minimum atomic E-state index is -0.577. The van der Waals surface area contributed by atoms with E-state index in [9.17, 15) is 9.90 Å². The zero-order valence-corrected chi connectivity index (χ0v) is 17.0. The van der Waals surface area contributed by atoms with Gasteiger partial charge in [0, 0.05) is 31.8 Å². The molecule has 4 aromatic rings. The monoisotopic (exact) mass is 397 g/mol. The number of phenols is 1.